The van der Waals surface area contributed by atoms with Gasteiger partial charge in [-0.25, -0.2) is 0 Å². The summed E-state index contributed by atoms with van der Waals surface area (Å²) in [6, 6.07) is 1.92. The quantitative estimate of drug-likeness (QED) is 0.884. The van der Waals surface area contributed by atoms with E-state index < -0.39 is 6.10 Å². The average molecular weight is 264 g/mol. The van der Waals surface area contributed by atoms with Crippen LogP contribution >= 0.6 is 0 Å². The SMILES string of the molecule is Cc1ccoc1C(O)C1CCOC2(CCCCC2)C1. The zero-order valence-corrected chi connectivity index (χ0v) is 11.7. The molecule has 1 aliphatic carbocycles. The largest absolute Gasteiger partial charge is 0.466 e. The van der Waals surface area contributed by atoms with Gasteiger partial charge in [-0.05, 0) is 50.2 Å². The second-order valence-corrected chi connectivity index (χ2v) is 6.26. The molecule has 3 heteroatoms. The molecule has 1 N–H and O–H groups in total. The zero-order valence-electron chi connectivity index (χ0n) is 11.7. The van der Waals surface area contributed by atoms with Gasteiger partial charge < -0.3 is 14.3 Å². The van der Waals surface area contributed by atoms with Crippen molar-refractivity contribution >= 4 is 0 Å². The molecule has 1 aromatic rings. The van der Waals surface area contributed by atoms with Gasteiger partial charge in [0.25, 0.3) is 0 Å². The first-order valence-electron chi connectivity index (χ1n) is 7.56. The smallest absolute Gasteiger partial charge is 0.135 e. The molecule has 2 unspecified atom stereocenters. The third-order valence-corrected chi connectivity index (χ3v) is 4.91. The Kier molecular flexibility index (Phi) is 3.68. The first-order valence-corrected chi connectivity index (χ1v) is 7.56. The van der Waals surface area contributed by atoms with Gasteiger partial charge >= 0.3 is 0 Å². The molecule has 0 aromatic carbocycles. The van der Waals surface area contributed by atoms with Gasteiger partial charge in [0.15, 0.2) is 0 Å². The molecule has 2 atom stereocenters. The van der Waals surface area contributed by atoms with E-state index in [4.69, 9.17) is 9.15 Å². The molecule has 106 valence electrons. The summed E-state index contributed by atoms with van der Waals surface area (Å²) >= 11 is 0. The van der Waals surface area contributed by atoms with Crippen LogP contribution in [0.3, 0.4) is 0 Å². The second kappa shape index (κ2) is 5.29. The molecule has 1 aromatic heterocycles. The fourth-order valence-electron chi connectivity index (χ4n) is 3.78. The molecule has 0 radical (unpaired) electrons. The summed E-state index contributed by atoms with van der Waals surface area (Å²) in [4.78, 5) is 0. The van der Waals surface area contributed by atoms with Gasteiger partial charge in [0.05, 0.1) is 11.9 Å². The number of aliphatic hydroxyl groups is 1. The van der Waals surface area contributed by atoms with Crippen molar-refractivity contribution in [3.8, 4) is 0 Å². The molecule has 3 nitrogen and oxygen atoms in total. The molecule has 3 rings (SSSR count). The molecule has 1 saturated heterocycles. The molecular weight excluding hydrogens is 240 g/mol. The van der Waals surface area contributed by atoms with Crippen LogP contribution in [0.4, 0.5) is 0 Å². The van der Waals surface area contributed by atoms with E-state index in [1.165, 1.54) is 19.3 Å². The molecule has 2 fully saturated rings. The summed E-state index contributed by atoms with van der Waals surface area (Å²) in [6.07, 6.45) is 9.29. The number of furan rings is 1. The fraction of sp³-hybridized carbons (Fsp3) is 0.750. The lowest BCUT2D eigenvalue weighted by Crippen LogP contribution is -2.42. The maximum atomic E-state index is 10.6. The van der Waals surface area contributed by atoms with E-state index >= 15 is 0 Å². The van der Waals surface area contributed by atoms with Crippen LogP contribution in [0.5, 0.6) is 0 Å². The minimum Gasteiger partial charge on any atom is -0.466 e. The van der Waals surface area contributed by atoms with Crippen molar-refractivity contribution < 1.29 is 14.3 Å². The Bertz CT molecular complexity index is 412. The van der Waals surface area contributed by atoms with Crippen LogP contribution in [0.15, 0.2) is 16.7 Å². The van der Waals surface area contributed by atoms with Crippen molar-refractivity contribution in [2.24, 2.45) is 5.92 Å². The summed E-state index contributed by atoms with van der Waals surface area (Å²) in [5, 5.41) is 10.6. The fourth-order valence-corrected chi connectivity index (χ4v) is 3.78. The van der Waals surface area contributed by atoms with E-state index in [9.17, 15) is 5.11 Å². The van der Waals surface area contributed by atoms with E-state index in [0.717, 1.165) is 43.6 Å². The van der Waals surface area contributed by atoms with E-state index in [1.54, 1.807) is 6.26 Å². The highest BCUT2D eigenvalue weighted by molar-refractivity contribution is 5.17. The van der Waals surface area contributed by atoms with Gasteiger partial charge in [0, 0.05) is 6.61 Å². The maximum absolute atomic E-state index is 10.6. The molecular formula is C16H24O3. The van der Waals surface area contributed by atoms with Crippen molar-refractivity contribution in [2.75, 3.05) is 6.61 Å². The molecule has 1 spiro atoms. The lowest BCUT2D eigenvalue weighted by Gasteiger charge is -2.44. The Balaban J connectivity index is 1.72. The summed E-state index contributed by atoms with van der Waals surface area (Å²) < 4.78 is 11.6. The number of rotatable bonds is 2. The zero-order chi connectivity index (χ0) is 13.3. The maximum Gasteiger partial charge on any atom is 0.135 e. The Morgan fingerprint density at radius 3 is 2.79 bits per heavy atom. The van der Waals surface area contributed by atoms with E-state index in [-0.39, 0.29) is 11.5 Å². The Morgan fingerprint density at radius 2 is 2.11 bits per heavy atom. The number of hydrogen-bond donors (Lipinski definition) is 1. The number of hydrogen-bond acceptors (Lipinski definition) is 3. The van der Waals surface area contributed by atoms with E-state index in [2.05, 4.69) is 0 Å². The normalized spacial score (nSPS) is 28.4. The van der Waals surface area contributed by atoms with Gasteiger partial charge in [-0.3, -0.25) is 0 Å². The molecule has 0 bridgehead atoms. The average Bonchev–Trinajstić information content (AvgIpc) is 2.85. The van der Waals surface area contributed by atoms with Crippen LogP contribution in [0.1, 0.15) is 62.4 Å². The van der Waals surface area contributed by atoms with Gasteiger partial charge in [-0.2, -0.15) is 0 Å². The van der Waals surface area contributed by atoms with Crippen molar-refractivity contribution in [3.63, 3.8) is 0 Å². The van der Waals surface area contributed by atoms with Crippen LogP contribution in [-0.2, 0) is 4.74 Å². The first-order chi connectivity index (χ1) is 9.20. The molecule has 2 aliphatic rings. The van der Waals surface area contributed by atoms with Crippen LogP contribution in [0.2, 0.25) is 0 Å². The van der Waals surface area contributed by atoms with Gasteiger partial charge in [0.2, 0.25) is 0 Å². The van der Waals surface area contributed by atoms with Crippen LogP contribution in [-0.4, -0.2) is 17.3 Å². The molecule has 1 aliphatic heterocycles. The highest BCUT2D eigenvalue weighted by Gasteiger charge is 2.41. The van der Waals surface area contributed by atoms with Crippen molar-refractivity contribution in [2.45, 2.75) is 63.6 Å². The lowest BCUT2D eigenvalue weighted by atomic mass is 9.74. The molecule has 19 heavy (non-hydrogen) atoms. The van der Waals surface area contributed by atoms with E-state index in [1.807, 2.05) is 13.0 Å². The van der Waals surface area contributed by atoms with Gasteiger partial charge in [-0.15, -0.1) is 0 Å². The van der Waals surface area contributed by atoms with Gasteiger partial charge in [-0.1, -0.05) is 19.3 Å². The van der Waals surface area contributed by atoms with Crippen LogP contribution < -0.4 is 0 Å². The minimum absolute atomic E-state index is 0.0443. The third-order valence-electron chi connectivity index (χ3n) is 4.91. The Morgan fingerprint density at radius 1 is 1.32 bits per heavy atom. The summed E-state index contributed by atoms with van der Waals surface area (Å²) in [6.45, 7) is 2.78. The second-order valence-electron chi connectivity index (χ2n) is 6.26. The number of aryl methyl sites for hydroxylation is 1. The molecule has 2 heterocycles. The lowest BCUT2D eigenvalue weighted by molar-refractivity contribution is -0.135. The molecule has 1 saturated carbocycles. The number of aliphatic hydroxyl groups excluding tert-OH is 1. The minimum atomic E-state index is -0.474. The predicted octanol–water partition coefficient (Wildman–Crippen LogP) is 3.75. The summed E-state index contributed by atoms with van der Waals surface area (Å²) in [7, 11) is 0. The topological polar surface area (TPSA) is 42.6 Å². The van der Waals surface area contributed by atoms with E-state index in [0.29, 0.717) is 0 Å². The monoisotopic (exact) mass is 264 g/mol. The van der Waals surface area contributed by atoms with Crippen molar-refractivity contribution in [1.29, 1.82) is 0 Å². The van der Waals surface area contributed by atoms with Crippen molar-refractivity contribution in [1.82, 2.24) is 0 Å². The highest BCUT2D eigenvalue weighted by atomic mass is 16.5. The van der Waals surface area contributed by atoms with Crippen LogP contribution in [0.25, 0.3) is 0 Å². The third kappa shape index (κ3) is 2.59. The Labute approximate surface area is 115 Å². The van der Waals surface area contributed by atoms with Crippen molar-refractivity contribution in [3.05, 3.63) is 23.7 Å². The predicted molar refractivity (Wildman–Crippen MR) is 72.9 cm³/mol. The van der Waals surface area contributed by atoms with Gasteiger partial charge in [0.1, 0.15) is 11.9 Å². The number of ether oxygens (including phenoxy) is 1. The standard InChI is InChI=1S/C16H24O3/c1-12-5-9-18-15(12)14(17)13-6-10-19-16(11-13)7-3-2-4-8-16/h5,9,13-14,17H,2-4,6-8,10-11H2,1H3. The summed E-state index contributed by atoms with van der Waals surface area (Å²) in [5.41, 5.74) is 1.10. The Hall–Kier alpha value is -0.800. The van der Waals surface area contributed by atoms with Crippen LogP contribution in [0, 0.1) is 12.8 Å². The summed E-state index contributed by atoms with van der Waals surface area (Å²) in [5.74, 6) is 1.02. The molecule has 0 amide bonds. The first kappa shape index (κ1) is 13.2. The highest BCUT2D eigenvalue weighted by Crippen LogP contribution is 2.44.